The molecule has 0 aromatic carbocycles. The van der Waals surface area contributed by atoms with Gasteiger partial charge in [-0.25, -0.2) is 0 Å². The number of hydrogen-bond acceptors (Lipinski definition) is 5. The van der Waals surface area contributed by atoms with Crippen molar-refractivity contribution in [1.82, 2.24) is 20.2 Å². The van der Waals surface area contributed by atoms with Crippen molar-refractivity contribution in [2.24, 2.45) is 0 Å². The number of likely N-dealkylation sites (tertiary alicyclic amines) is 1. The van der Waals surface area contributed by atoms with E-state index in [-0.39, 0.29) is 17.9 Å². The van der Waals surface area contributed by atoms with Crippen LogP contribution >= 0.6 is 11.3 Å². The minimum atomic E-state index is 0.0160. The zero-order valence-corrected chi connectivity index (χ0v) is 15.4. The van der Waals surface area contributed by atoms with Crippen molar-refractivity contribution >= 4 is 23.2 Å². The van der Waals surface area contributed by atoms with Gasteiger partial charge in [-0.2, -0.15) is 0 Å². The van der Waals surface area contributed by atoms with Crippen LogP contribution in [0, 0.1) is 0 Å². The fraction of sp³-hybridized carbons (Fsp3) is 0.474. The summed E-state index contributed by atoms with van der Waals surface area (Å²) in [6, 6.07) is 4.35. The lowest BCUT2D eigenvalue weighted by molar-refractivity contribution is -0.132. The molecule has 0 radical (unpaired) electrons. The van der Waals surface area contributed by atoms with Gasteiger partial charge < -0.3 is 10.2 Å². The summed E-state index contributed by atoms with van der Waals surface area (Å²) in [6.45, 7) is 0.783. The maximum absolute atomic E-state index is 12.7. The predicted octanol–water partition coefficient (Wildman–Crippen LogP) is 2.73. The minimum absolute atomic E-state index is 0.0160. The van der Waals surface area contributed by atoms with Gasteiger partial charge in [0.15, 0.2) is 0 Å². The molecule has 1 saturated carbocycles. The van der Waals surface area contributed by atoms with E-state index < -0.39 is 0 Å². The Bertz CT molecular complexity index is 788. The molecule has 1 aliphatic carbocycles. The Morgan fingerprint density at radius 2 is 2.12 bits per heavy atom. The highest BCUT2D eigenvalue weighted by Crippen LogP contribution is 2.36. The van der Waals surface area contributed by atoms with E-state index in [1.54, 1.807) is 18.6 Å². The van der Waals surface area contributed by atoms with Crippen LogP contribution < -0.4 is 5.32 Å². The molecule has 1 saturated heterocycles. The summed E-state index contributed by atoms with van der Waals surface area (Å²) in [6.07, 6.45) is 10.2. The highest BCUT2D eigenvalue weighted by atomic mass is 32.1. The van der Waals surface area contributed by atoms with Crippen LogP contribution in [-0.2, 0) is 11.2 Å². The molecule has 26 heavy (non-hydrogen) atoms. The maximum Gasteiger partial charge on any atom is 0.261 e. The zero-order chi connectivity index (χ0) is 17.9. The zero-order valence-electron chi connectivity index (χ0n) is 14.6. The van der Waals surface area contributed by atoms with Gasteiger partial charge in [0.25, 0.3) is 5.91 Å². The molecule has 2 aromatic rings. The van der Waals surface area contributed by atoms with Crippen LogP contribution in [0.15, 0.2) is 30.7 Å². The number of amides is 2. The Morgan fingerprint density at radius 3 is 2.88 bits per heavy atom. The molecule has 2 aliphatic rings. The number of aromatic nitrogens is 2. The molecule has 1 N–H and O–H groups in total. The summed E-state index contributed by atoms with van der Waals surface area (Å²) in [4.78, 5) is 37.0. The second-order valence-corrected chi connectivity index (χ2v) is 8.01. The lowest BCUT2D eigenvalue weighted by atomic mass is 10.1. The topological polar surface area (TPSA) is 75.2 Å². The fourth-order valence-electron chi connectivity index (χ4n) is 3.34. The largest absolute Gasteiger partial charge is 0.349 e. The van der Waals surface area contributed by atoms with E-state index in [1.807, 2.05) is 17.0 Å². The number of nitrogens with one attached hydrogen (secondary N) is 1. The average Bonchev–Trinajstić information content (AvgIpc) is 3.15. The molecule has 0 unspecified atom stereocenters. The first-order valence-corrected chi connectivity index (χ1v) is 9.97. The molecule has 0 spiro atoms. The van der Waals surface area contributed by atoms with Crippen LogP contribution in [0.5, 0.6) is 0 Å². The van der Waals surface area contributed by atoms with Crippen LogP contribution in [0.2, 0.25) is 0 Å². The number of nitrogens with zero attached hydrogens (tertiary/aromatic N) is 3. The number of carbonyl (C=O) groups excluding carboxylic acids is 2. The second-order valence-electron chi connectivity index (χ2n) is 6.89. The minimum Gasteiger partial charge on any atom is -0.349 e. The molecular formula is C19H22N4O2S. The quantitative estimate of drug-likeness (QED) is 0.848. The van der Waals surface area contributed by atoms with Gasteiger partial charge in [0.05, 0.1) is 16.6 Å². The van der Waals surface area contributed by atoms with E-state index in [4.69, 9.17) is 0 Å². The molecule has 2 aromatic heterocycles. The lowest BCUT2D eigenvalue weighted by Gasteiger charge is -2.24. The molecule has 0 bridgehead atoms. The van der Waals surface area contributed by atoms with Crippen LogP contribution in [0.25, 0.3) is 0 Å². The third kappa shape index (κ3) is 3.93. The predicted molar refractivity (Wildman–Crippen MR) is 98.8 cm³/mol. The van der Waals surface area contributed by atoms with Gasteiger partial charge in [0.1, 0.15) is 0 Å². The number of aryl methyl sites for hydroxylation is 1. The van der Waals surface area contributed by atoms with Crippen molar-refractivity contribution in [3.8, 4) is 0 Å². The summed E-state index contributed by atoms with van der Waals surface area (Å²) in [7, 11) is 0. The molecule has 6 nitrogen and oxygen atoms in total. The summed E-state index contributed by atoms with van der Waals surface area (Å²) < 4.78 is 0. The summed E-state index contributed by atoms with van der Waals surface area (Å²) >= 11 is 1.52. The van der Waals surface area contributed by atoms with Crippen LogP contribution in [-0.4, -0.2) is 39.3 Å². The van der Waals surface area contributed by atoms with Crippen LogP contribution in [0.1, 0.15) is 58.4 Å². The molecule has 7 heteroatoms. The van der Waals surface area contributed by atoms with Crippen molar-refractivity contribution in [2.75, 3.05) is 6.54 Å². The average molecular weight is 370 g/mol. The number of hydrogen-bond donors (Lipinski definition) is 1. The standard InChI is InChI=1S/C19H22N4O2S/c24-18(8-5-14-12-20-9-10-21-14)23-11-1-2-15(23)16-6-7-17(26-16)19(25)22-13-3-4-13/h6-7,9-10,12-13,15H,1-5,8,11H2,(H,22,25)/t15-/m0/s1. The number of rotatable bonds is 6. The van der Waals surface area contributed by atoms with E-state index >= 15 is 0 Å². The first kappa shape index (κ1) is 17.1. The molecule has 3 heterocycles. The van der Waals surface area contributed by atoms with Crippen molar-refractivity contribution in [1.29, 1.82) is 0 Å². The second kappa shape index (κ2) is 7.53. The summed E-state index contributed by atoms with van der Waals surface area (Å²) in [5.74, 6) is 0.165. The van der Waals surface area contributed by atoms with Crippen molar-refractivity contribution in [2.45, 2.75) is 50.6 Å². The normalized spacial score (nSPS) is 19.5. The smallest absolute Gasteiger partial charge is 0.261 e. The Morgan fingerprint density at radius 1 is 1.23 bits per heavy atom. The maximum atomic E-state index is 12.7. The molecule has 2 amide bonds. The Balaban J connectivity index is 1.38. The van der Waals surface area contributed by atoms with Crippen LogP contribution in [0.3, 0.4) is 0 Å². The molecule has 136 valence electrons. The third-order valence-corrected chi connectivity index (χ3v) is 6.06. The van der Waals surface area contributed by atoms with Gasteiger partial charge in [-0.05, 0) is 44.2 Å². The monoisotopic (exact) mass is 370 g/mol. The van der Waals surface area contributed by atoms with Crippen LogP contribution in [0.4, 0.5) is 0 Å². The Labute approximate surface area is 156 Å². The van der Waals surface area contributed by atoms with Crippen molar-refractivity contribution in [3.05, 3.63) is 46.2 Å². The van der Waals surface area contributed by atoms with Gasteiger partial charge >= 0.3 is 0 Å². The first-order valence-electron chi connectivity index (χ1n) is 9.15. The van der Waals surface area contributed by atoms with Gasteiger partial charge in [0, 0.05) is 42.5 Å². The first-order chi connectivity index (χ1) is 12.7. The van der Waals surface area contributed by atoms with E-state index in [2.05, 4.69) is 15.3 Å². The van der Waals surface area contributed by atoms with Crippen molar-refractivity contribution < 1.29 is 9.59 Å². The molecule has 4 rings (SSSR count). The number of thiophene rings is 1. The summed E-state index contributed by atoms with van der Waals surface area (Å²) in [5, 5.41) is 3.02. The molecule has 1 aliphatic heterocycles. The Hall–Kier alpha value is -2.28. The highest BCUT2D eigenvalue weighted by Gasteiger charge is 2.31. The van der Waals surface area contributed by atoms with Crippen molar-refractivity contribution in [3.63, 3.8) is 0 Å². The SMILES string of the molecule is O=C(NC1CC1)c1ccc([C@@H]2CCCN2C(=O)CCc2cnccn2)s1. The van der Waals surface area contributed by atoms with E-state index in [1.165, 1.54) is 11.3 Å². The highest BCUT2D eigenvalue weighted by molar-refractivity contribution is 7.14. The third-order valence-electron chi connectivity index (χ3n) is 4.88. The summed E-state index contributed by atoms with van der Waals surface area (Å²) in [5.41, 5.74) is 0.840. The molecule has 2 fully saturated rings. The van der Waals surface area contributed by atoms with E-state index in [0.29, 0.717) is 18.9 Å². The number of carbonyl (C=O) groups is 2. The lowest BCUT2D eigenvalue weighted by Crippen LogP contribution is -2.30. The fourth-order valence-corrected chi connectivity index (χ4v) is 4.40. The van der Waals surface area contributed by atoms with Gasteiger partial charge in [-0.1, -0.05) is 0 Å². The van der Waals surface area contributed by atoms with Gasteiger partial charge in [-0.15, -0.1) is 11.3 Å². The van der Waals surface area contributed by atoms with Gasteiger partial charge in [0.2, 0.25) is 5.91 Å². The van der Waals surface area contributed by atoms with E-state index in [0.717, 1.165) is 47.7 Å². The molecule has 1 atom stereocenters. The van der Waals surface area contributed by atoms with Gasteiger partial charge in [-0.3, -0.25) is 19.6 Å². The van der Waals surface area contributed by atoms with E-state index in [9.17, 15) is 9.59 Å². The molecular weight excluding hydrogens is 348 g/mol. The Kier molecular flexibility index (Phi) is 4.97.